The quantitative estimate of drug-likeness (QED) is 0.581. The first kappa shape index (κ1) is 10.8. The molecule has 4 heteroatoms. The summed E-state index contributed by atoms with van der Waals surface area (Å²) in [5.41, 5.74) is 0. The molecule has 0 heterocycles. The van der Waals surface area contributed by atoms with E-state index < -0.39 is 4.33 Å². The SMILES string of the molecule is ClC1=C[C@H]2C[C@H]([C@@H]3C[C@@H]4[C@@H]([C@H]32)C4(Cl)Cl)[C@H]1Cl. The van der Waals surface area contributed by atoms with Gasteiger partial charge in [-0.25, -0.2) is 0 Å². The summed E-state index contributed by atoms with van der Waals surface area (Å²) in [6, 6.07) is 0. The summed E-state index contributed by atoms with van der Waals surface area (Å²) >= 11 is 25.2. The van der Waals surface area contributed by atoms with Crippen molar-refractivity contribution in [3.05, 3.63) is 11.1 Å². The first-order chi connectivity index (χ1) is 7.51. The fourth-order valence-electron chi connectivity index (χ4n) is 4.67. The van der Waals surface area contributed by atoms with Crippen molar-refractivity contribution in [3.8, 4) is 0 Å². The third-order valence-electron chi connectivity index (χ3n) is 5.30. The van der Waals surface area contributed by atoms with Gasteiger partial charge in [-0.3, -0.25) is 0 Å². The Morgan fingerprint density at radius 2 is 1.94 bits per heavy atom. The Morgan fingerprint density at radius 1 is 1.19 bits per heavy atom. The minimum absolute atomic E-state index is 0.0328. The van der Waals surface area contributed by atoms with Crippen molar-refractivity contribution >= 4 is 46.4 Å². The molecule has 3 fully saturated rings. The summed E-state index contributed by atoms with van der Waals surface area (Å²) in [6.07, 6.45) is 4.52. The largest absolute Gasteiger partial charge is 0.125 e. The van der Waals surface area contributed by atoms with E-state index in [0.29, 0.717) is 35.5 Å². The van der Waals surface area contributed by atoms with Crippen LogP contribution < -0.4 is 0 Å². The number of halogens is 4. The van der Waals surface area contributed by atoms with E-state index in [1.54, 1.807) is 0 Å². The zero-order valence-corrected chi connectivity index (χ0v) is 11.6. The molecule has 16 heavy (non-hydrogen) atoms. The van der Waals surface area contributed by atoms with Crippen molar-refractivity contribution in [1.82, 2.24) is 0 Å². The molecule has 0 saturated heterocycles. The number of hydrogen-bond acceptors (Lipinski definition) is 0. The number of hydrogen-bond donors (Lipinski definition) is 0. The normalized spacial score (nSPS) is 60.2. The highest BCUT2D eigenvalue weighted by atomic mass is 35.5. The van der Waals surface area contributed by atoms with E-state index in [4.69, 9.17) is 46.4 Å². The van der Waals surface area contributed by atoms with E-state index in [2.05, 4.69) is 6.08 Å². The molecule has 7 atom stereocenters. The molecule has 0 radical (unpaired) electrons. The van der Waals surface area contributed by atoms with Crippen LogP contribution in [0.5, 0.6) is 0 Å². The summed E-state index contributed by atoms with van der Waals surface area (Å²) in [5.74, 6) is 3.50. The Labute approximate surface area is 115 Å². The van der Waals surface area contributed by atoms with Gasteiger partial charge in [-0.1, -0.05) is 17.7 Å². The summed E-state index contributed by atoms with van der Waals surface area (Å²) in [7, 11) is 0. The van der Waals surface area contributed by atoms with Crippen LogP contribution in [-0.2, 0) is 0 Å². The predicted molar refractivity (Wildman–Crippen MR) is 68.2 cm³/mol. The second kappa shape index (κ2) is 3.07. The van der Waals surface area contributed by atoms with Crippen LogP contribution in [0.1, 0.15) is 12.8 Å². The van der Waals surface area contributed by atoms with Crippen molar-refractivity contribution < 1.29 is 0 Å². The molecule has 0 nitrogen and oxygen atoms in total. The van der Waals surface area contributed by atoms with Crippen molar-refractivity contribution in [2.75, 3.05) is 0 Å². The lowest BCUT2D eigenvalue weighted by molar-refractivity contribution is 0.309. The second-order valence-electron chi connectivity index (χ2n) is 5.80. The summed E-state index contributed by atoms with van der Waals surface area (Å²) in [6.45, 7) is 0. The molecule has 4 rings (SSSR count). The first-order valence-corrected chi connectivity index (χ1v) is 7.48. The van der Waals surface area contributed by atoms with E-state index in [-0.39, 0.29) is 5.38 Å². The van der Waals surface area contributed by atoms with Crippen LogP contribution in [0.4, 0.5) is 0 Å². The molecule has 4 aliphatic rings. The fraction of sp³-hybridized carbons (Fsp3) is 0.833. The van der Waals surface area contributed by atoms with E-state index >= 15 is 0 Å². The molecule has 0 N–H and O–H groups in total. The van der Waals surface area contributed by atoms with E-state index in [0.717, 1.165) is 11.5 Å². The van der Waals surface area contributed by atoms with Gasteiger partial charge >= 0.3 is 0 Å². The molecule has 0 aromatic rings. The van der Waals surface area contributed by atoms with Gasteiger partial charge in [0, 0.05) is 11.0 Å². The van der Waals surface area contributed by atoms with Gasteiger partial charge in [0.15, 0.2) is 0 Å². The van der Waals surface area contributed by atoms with Crippen LogP contribution in [0.15, 0.2) is 11.1 Å². The van der Waals surface area contributed by atoms with Gasteiger partial charge in [0.05, 0.1) is 5.38 Å². The molecule has 3 saturated carbocycles. The minimum Gasteiger partial charge on any atom is -0.117 e. The second-order valence-corrected chi connectivity index (χ2v) is 8.15. The maximum Gasteiger partial charge on any atom is 0.125 e. The number of alkyl halides is 3. The molecular weight excluding hydrogens is 286 g/mol. The lowest BCUT2D eigenvalue weighted by Crippen LogP contribution is -2.23. The zero-order valence-electron chi connectivity index (χ0n) is 8.54. The number of allylic oxidation sites excluding steroid dienone is 2. The van der Waals surface area contributed by atoms with Gasteiger partial charge in [0.1, 0.15) is 4.33 Å². The van der Waals surface area contributed by atoms with Crippen LogP contribution in [0.25, 0.3) is 0 Å². The Hall–Kier alpha value is 0.900. The summed E-state index contributed by atoms with van der Waals surface area (Å²) in [4.78, 5) is 0. The third-order valence-corrected chi connectivity index (χ3v) is 7.40. The van der Waals surface area contributed by atoms with Gasteiger partial charge in [-0.05, 0) is 42.4 Å². The van der Waals surface area contributed by atoms with Crippen LogP contribution in [-0.4, -0.2) is 9.71 Å². The topological polar surface area (TPSA) is 0 Å². The smallest absolute Gasteiger partial charge is 0.117 e. The van der Waals surface area contributed by atoms with Gasteiger partial charge in [-0.15, -0.1) is 34.8 Å². The Kier molecular flexibility index (Phi) is 2.07. The maximum absolute atomic E-state index is 6.39. The molecule has 0 aromatic carbocycles. The van der Waals surface area contributed by atoms with E-state index in [1.807, 2.05) is 0 Å². The van der Waals surface area contributed by atoms with Crippen molar-refractivity contribution in [2.45, 2.75) is 22.6 Å². The Morgan fingerprint density at radius 3 is 2.69 bits per heavy atom. The summed E-state index contributed by atoms with van der Waals surface area (Å²) < 4.78 is -0.444. The lowest BCUT2D eigenvalue weighted by atomic mass is 9.86. The molecule has 0 aliphatic heterocycles. The predicted octanol–water partition coefficient (Wildman–Crippen LogP) is 4.42. The third kappa shape index (κ3) is 1.11. The molecule has 2 bridgehead atoms. The summed E-state index contributed by atoms with van der Waals surface area (Å²) in [5, 5.41) is 0.884. The highest BCUT2D eigenvalue weighted by Gasteiger charge is 2.75. The van der Waals surface area contributed by atoms with Gasteiger partial charge in [0.25, 0.3) is 0 Å². The lowest BCUT2D eigenvalue weighted by Gasteiger charge is -2.25. The van der Waals surface area contributed by atoms with E-state index in [9.17, 15) is 0 Å². The first-order valence-electron chi connectivity index (χ1n) is 5.91. The average molecular weight is 298 g/mol. The highest BCUT2D eigenvalue weighted by Crippen LogP contribution is 2.76. The molecule has 0 amide bonds. The van der Waals surface area contributed by atoms with E-state index in [1.165, 1.54) is 6.42 Å². The average Bonchev–Trinajstić information content (AvgIpc) is 2.63. The van der Waals surface area contributed by atoms with Gasteiger partial charge in [-0.2, -0.15) is 0 Å². The molecular formula is C12H12Cl4. The number of rotatable bonds is 0. The van der Waals surface area contributed by atoms with Crippen LogP contribution in [0.2, 0.25) is 0 Å². The minimum atomic E-state index is -0.444. The van der Waals surface area contributed by atoms with Crippen molar-refractivity contribution in [2.24, 2.45) is 35.5 Å². The maximum atomic E-state index is 6.39. The molecule has 0 unspecified atom stereocenters. The number of fused-ring (bicyclic) bond motifs is 7. The van der Waals surface area contributed by atoms with Crippen LogP contribution in [0, 0.1) is 35.5 Å². The monoisotopic (exact) mass is 296 g/mol. The Bertz CT molecular complexity index is 388. The fourth-order valence-corrected chi connectivity index (χ4v) is 6.27. The van der Waals surface area contributed by atoms with Crippen molar-refractivity contribution in [1.29, 1.82) is 0 Å². The molecule has 4 aliphatic carbocycles. The van der Waals surface area contributed by atoms with Crippen molar-refractivity contribution in [3.63, 3.8) is 0 Å². The highest BCUT2D eigenvalue weighted by molar-refractivity contribution is 6.51. The molecule has 0 aromatic heterocycles. The molecule has 0 spiro atoms. The zero-order chi connectivity index (χ0) is 11.2. The van der Waals surface area contributed by atoms with Crippen LogP contribution in [0.3, 0.4) is 0 Å². The van der Waals surface area contributed by atoms with Gasteiger partial charge in [0.2, 0.25) is 0 Å². The van der Waals surface area contributed by atoms with Gasteiger partial charge < -0.3 is 0 Å². The standard InChI is InChI=1S/C12H12Cl4/c13-8-2-4-1-6(11(8)14)5-3-7-10(9(4)5)12(7,15)16/h2,4-7,9-11H,1,3H2/t4-,5+,6-,7-,9+,10+,11-/m1/s1. The Balaban J connectivity index is 1.72. The molecule has 88 valence electrons. The van der Waals surface area contributed by atoms with Crippen LogP contribution >= 0.6 is 46.4 Å².